The lowest BCUT2D eigenvalue weighted by Gasteiger charge is -2.30. The Morgan fingerprint density at radius 2 is 2.21 bits per heavy atom. The molecule has 1 amide bonds. The van der Waals surface area contributed by atoms with Crippen LogP contribution in [0.15, 0.2) is 17.5 Å². The Morgan fingerprint density at radius 3 is 2.89 bits per heavy atom. The average molecular weight is 296 g/mol. The number of amides is 1. The van der Waals surface area contributed by atoms with E-state index in [4.69, 9.17) is 0 Å². The van der Waals surface area contributed by atoms with Crippen molar-refractivity contribution < 1.29 is 4.79 Å². The second-order valence-electron chi connectivity index (χ2n) is 5.33. The van der Waals surface area contributed by atoms with Gasteiger partial charge >= 0.3 is 0 Å². The fourth-order valence-corrected chi connectivity index (χ4v) is 5.09. The quantitative estimate of drug-likeness (QED) is 0.931. The fraction of sp³-hybridized carbons (Fsp3) is 0.643. The van der Waals surface area contributed by atoms with Gasteiger partial charge in [-0.1, -0.05) is 6.07 Å². The molecule has 2 unspecified atom stereocenters. The number of piperidine rings is 1. The Labute approximate surface area is 122 Å². The molecule has 0 radical (unpaired) electrons. The molecule has 19 heavy (non-hydrogen) atoms. The van der Waals surface area contributed by atoms with Gasteiger partial charge in [-0.05, 0) is 50.2 Å². The van der Waals surface area contributed by atoms with Gasteiger partial charge < -0.3 is 10.2 Å². The summed E-state index contributed by atoms with van der Waals surface area (Å²) < 4.78 is 0. The predicted molar refractivity (Wildman–Crippen MR) is 81.4 cm³/mol. The zero-order chi connectivity index (χ0) is 13.2. The van der Waals surface area contributed by atoms with Crippen LogP contribution in [0.3, 0.4) is 0 Å². The lowest BCUT2D eigenvalue weighted by atomic mass is 9.97. The number of nitrogens with zero attached hydrogens (tertiary/aromatic N) is 1. The standard InChI is InChI=1S/C14H20N2OS2/c1-10-13(17)16(9-11-4-6-15-7-5-11)14(19-10)12-3-2-8-18-12/h2-3,8,10-11,14-15H,4-7,9H2,1H3. The van der Waals surface area contributed by atoms with Crippen LogP contribution in [0.1, 0.15) is 30.0 Å². The lowest BCUT2D eigenvalue weighted by molar-refractivity contribution is -0.130. The molecule has 0 aromatic carbocycles. The monoisotopic (exact) mass is 296 g/mol. The van der Waals surface area contributed by atoms with Crippen molar-refractivity contribution in [1.29, 1.82) is 0 Å². The molecule has 2 aliphatic heterocycles. The molecule has 2 atom stereocenters. The predicted octanol–water partition coefficient (Wildman–Crippen LogP) is 2.71. The number of hydrogen-bond acceptors (Lipinski definition) is 4. The summed E-state index contributed by atoms with van der Waals surface area (Å²) in [7, 11) is 0. The largest absolute Gasteiger partial charge is 0.324 e. The molecule has 3 nitrogen and oxygen atoms in total. The molecule has 1 N–H and O–H groups in total. The van der Waals surface area contributed by atoms with Crippen molar-refractivity contribution in [3.63, 3.8) is 0 Å². The smallest absolute Gasteiger partial charge is 0.236 e. The molecule has 104 valence electrons. The van der Waals surface area contributed by atoms with Crippen molar-refractivity contribution >= 4 is 29.0 Å². The third-order valence-corrected chi connectivity index (χ3v) is 6.40. The normalized spacial score (nSPS) is 29.1. The van der Waals surface area contributed by atoms with Crippen molar-refractivity contribution in [3.8, 4) is 0 Å². The zero-order valence-corrected chi connectivity index (χ0v) is 12.8. The Kier molecular flexibility index (Phi) is 4.15. The minimum absolute atomic E-state index is 0.105. The van der Waals surface area contributed by atoms with Crippen LogP contribution in [0.4, 0.5) is 0 Å². The fourth-order valence-electron chi connectivity index (χ4n) is 2.85. The third kappa shape index (κ3) is 2.83. The van der Waals surface area contributed by atoms with Crippen molar-refractivity contribution in [2.75, 3.05) is 19.6 Å². The van der Waals surface area contributed by atoms with E-state index in [0.717, 1.165) is 19.6 Å². The summed E-state index contributed by atoms with van der Waals surface area (Å²) in [5.74, 6) is 0.987. The summed E-state index contributed by atoms with van der Waals surface area (Å²) in [4.78, 5) is 15.8. The van der Waals surface area contributed by atoms with Crippen LogP contribution in [-0.2, 0) is 4.79 Å². The highest BCUT2D eigenvalue weighted by Crippen LogP contribution is 2.45. The summed E-state index contributed by atoms with van der Waals surface area (Å²) >= 11 is 3.56. The highest BCUT2D eigenvalue weighted by Gasteiger charge is 2.39. The van der Waals surface area contributed by atoms with Crippen LogP contribution in [0.2, 0.25) is 0 Å². The van der Waals surface area contributed by atoms with Gasteiger partial charge in [-0.15, -0.1) is 23.1 Å². The van der Waals surface area contributed by atoms with E-state index in [1.165, 1.54) is 17.7 Å². The summed E-state index contributed by atoms with van der Waals surface area (Å²) in [6.45, 7) is 5.16. The molecule has 3 rings (SSSR count). The summed E-state index contributed by atoms with van der Waals surface area (Å²) in [6, 6.07) is 4.24. The molecular formula is C14H20N2OS2. The van der Waals surface area contributed by atoms with Gasteiger partial charge in [0.15, 0.2) is 0 Å². The Balaban J connectivity index is 1.73. The van der Waals surface area contributed by atoms with Crippen LogP contribution in [-0.4, -0.2) is 35.7 Å². The van der Waals surface area contributed by atoms with Crippen molar-refractivity contribution in [2.24, 2.45) is 5.92 Å². The maximum absolute atomic E-state index is 12.4. The number of thioether (sulfide) groups is 1. The van der Waals surface area contributed by atoms with Gasteiger partial charge in [0, 0.05) is 11.4 Å². The van der Waals surface area contributed by atoms with Gasteiger partial charge in [-0.25, -0.2) is 0 Å². The number of nitrogens with one attached hydrogen (secondary N) is 1. The van der Waals surface area contributed by atoms with E-state index in [1.807, 2.05) is 6.92 Å². The van der Waals surface area contributed by atoms with E-state index < -0.39 is 0 Å². The van der Waals surface area contributed by atoms with Crippen LogP contribution in [0, 0.1) is 5.92 Å². The topological polar surface area (TPSA) is 32.3 Å². The van der Waals surface area contributed by atoms with Gasteiger partial charge in [0.1, 0.15) is 5.37 Å². The molecular weight excluding hydrogens is 276 g/mol. The molecule has 1 aromatic heterocycles. The number of thiophene rings is 1. The Morgan fingerprint density at radius 1 is 1.42 bits per heavy atom. The molecule has 2 fully saturated rings. The molecule has 0 bridgehead atoms. The van der Waals surface area contributed by atoms with Crippen LogP contribution < -0.4 is 5.32 Å². The lowest BCUT2D eigenvalue weighted by Crippen LogP contribution is -2.38. The molecule has 5 heteroatoms. The first kappa shape index (κ1) is 13.5. The van der Waals surface area contributed by atoms with Gasteiger partial charge in [-0.2, -0.15) is 0 Å². The van der Waals surface area contributed by atoms with Crippen molar-refractivity contribution in [1.82, 2.24) is 10.2 Å². The SMILES string of the molecule is CC1SC(c2cccs2)N(CC2CCNCC2)C1=O. The Bertz CT molecular complexity index is 429. The van der Waals surface area contributed by atoms with Crippen molar-refractivity contribution in [2.45, 2.75) is 30.4 Å². The third-order valence-electron chi connectivity index (χ3n) is 3.95. The number of rotatable bonds is 3. The van der Waals surface area contributed by atoms with Gasteiger partial charge in [0.25, 0.3) is 0 Å². The summed E-state index contributed by atoms with van der Waals surface area (Å²) in [6.07, 6.45) is 2.39. The van der Waals surface area contributed by atoms with E-state index in [-0.39, 0.29) is 10.6 Å². The first-order valence-corrected chi connectivity index (χ1v) is 8.78. The van der Waals surface area contributed by atoms with E-state index in [9.17, 15) is 4.79 Å². The minimum atomic E-state index is 0.105. The molecule has 0 saturated carbocycles. The minimum Gasteiger partial charge on any atom is -0.324 e. The van der Waals surface area contributed by atoms with Crippen LogP contribution in [0.5, 0.6) is 0 Å². The van der Waals surface area contributed by atoms with Crippen molar-refractivity contribution in [3.05, 3.63) is 22.4 Å². The van der Waals surface area contributed by atoms with E-state index in [0.29, 0.717) is 11.8 Å². The summed E-state index contributed by atoms with van der Waals surface area (Å²) in [5, 5.41) is 5.85. The zero-order valence-electron chi connectivity index (χ0n) is 11.2. The molecule has 1 aromatic rings. The first-order valence-electron chi connectivity index (χ1n) is 6.96. The van der Waals surface area contributed by atoms with Crippen LogP contribution in [0.25, 0.3) is 0 Å². The van der Waals surface area contributed by atoms with Gasteiger partial charge in [0.05, 0.1) is 5.25 Å². The Hall–Kier alpha value is -0.520. The van der Waals surface area contributed by atoms with Gasteiger partial charge in [-0.3, -0.25) is 4.79 Å². The second kappa shape index (κ2) is 5.85. The average Bonchev–Trinajstić information content (AvgIpc) is 3.04. The van der Waals surface area contributed by atoms with E-state index >= 15 is 0 Å². The molecule has 2 saturated heterocycles. The summed E-state index contributed by atoms with van der Waals surface area (Å²) in [5.41, 5.74) is 0. The van der Waals surface area contributed by atoms with E-state index in [2.05, 4.69) is 27.7 Å². The highest BCUT2D eigenvalue weighted by molar-refractivity contribution is 8.01. The first-order chi connectivity index (χ1) is 9.25. The highest BCUT2D eigenvalue weighted by atomic mass is 32.2. The maximum Gasteiger partial charge on any atom is 0.236 e. The second-order valence-corrected chi connectivity index (χ2v) is 7.74. The number of hydrogen-bond donors (Lipinski definition) is 1. The number of carbonyl (C=O) groups is 1. The van der Waals surface area contributed by atoms with E-state index in [1.54, 1.807) is 23.1 Å². The maximum atomic E-state index is 12.4. The molecule has 0 aliphatic carbocycles. The van der Waals surface area contributed by atoms with Crippen LogP contribution >= 0.6 is 23.1 Å². The molecule has 0 spiro atoms. The number of carbonyl (C=O) groups excluding carboxylic acids is 1. The van der Waals surface area contributed by atoms with Gasteiger partial charge in [0.2, 0.25) is 5.91 Å². The molecule has 2 aliphatic rings. The molecule has 3 heterocycles.